The van der Waals surface area contributed by atoms with Crippen molar-refractivity contribution >= 4 is 22.6 Å². The Balaban J connectivity index is 1.97. The Morgan fingerprint density at radius 3 is 2.48 bits per heavy atom. The zero-order valence-electron chi connectivity index (χ0n) is 12.2. The highest BCUT2D eigenvalue weighted by Crippen LogP contribution is 2.18. The summed E-state index contributed by atoms with van der Waals surface area (Å²) in [6.07, 6.45) is 0.261. The largest absolute Gasteiger partial charge is 0.347 e. The number of amides is 2. The molecule has 0 aliphatic heterocycles. The molecule has 5 nitrogen and oxygen atoms in total. The zero-order valence-corrected chi connectivity index (χ0v) is 12.2. The molecule has 5 heteroatoms. The van der Waals surface area contributed by atoms with Crippen LogP contribution in [0.25, 0.3) is 10.8 Å². The van der Waals surface area contributed by atoms with Crippen molar-refractivity contribution in [3.05, 3.63) is 48.0 Å². The van der Waals surface area contributed by atoms with Crippen molar-refractivity contribution in [2.45, 2.75) is 6.42 Å². The van der Waals surface area contributed by atoms with Gasteiger partial charge in [-0.25, -0.2) is 5.01 Å². The van der Waals surface area contributed by atoms with Crippen molar-refractivity contribution in [1.82, 2.24) is 15.8 Å². The van der Waals surface area contributed by atoms with Gasteiger partial charge in [0.1, 0.15) is 0 Å². The molecule has 0 aliphatic rings. The van der Waals surface area contributed by atoms with E-state index in [1.807, 2.05) is 42.5 Å². The van der Waals surface area contributed by atoms with E-state index in [9.17, 15) is 9.59 Å². The predicted octanol–water partition coefficient (Wildman–Crippen LogP) is 1.09. The summed E-state index contributed by atoms with van der Waals surface area (Å²) in [7, 11) is 3.44. The van der Waals surface area contributed by atoms with E-state index < -0.39 is 0 Å². The molecule has 0 aliphatic carbocycles. The van der Waals surface area contributed by atoms with Crippen LogP contribution in [-0.4, -0.2) is 37.5 Å². The fourth-order valence-corrected chi connectivity index (χ4v) is 2.15. The summed E-state index contributed by atoms with van der Waals surface area (Å²) in [4.78, 5) is 23.4. The van der Waals surface area contributed by atoms with Gasteiger partial charge in [-0.3, -0.25) is 15.0 Å². The van der Waals surface area contributed by atoms with Gasteiger partial charge in [0.25, 0.3) is 5.91 Å². The third-order valence-corrected chi connectivity index (χ3v) is 3.03. The Bertz CT molecular complexity index is 648. The van der Waals surface area contributed by atoms with Crippen LogP contribution < -0.4 is 10.7 Å². The van der Waals surface area contributed by atoms with Crippen LogP contribution in [0.4, 0.5) is 0 Å². The van der Waals surface area contributed by atoms with Crippen molar-refractivity contribution in [1.29, 1.82) is 0 Å². The number of carbonyl (C=O) groups is 2. The van der Waals surface area contributed by atoms with Crippen LogP contribution in [0.15, 0.2) is 42.5 Å². The van der Waals surface area contributed by atoms with Gasteiger partial charge in [-0.05, 0) is 16.3 Å². The Hall–Kier alpha value is -2.40. The van der Waals surface area contributed by atoms with Crippen LogP contribution >= 0.6 is 0 Å². The van der Waals surface area contributed by atoms with Gasteiger partial charge in [0.05, 0.1) is 13.0 Å². The molecule has 2 amide bonds. The fourth-order valence-electron chi connectivity index (χ4n) is 2.15. The molecule has 0 saturated carbocycles. The fraction of sp³-hybridized carbons (Fsp3) is 0.250. The molecule has 0 saturated heterocycles. The second-order valence-electron chi connectivity index (χ2n) is 5.02. The Kier molecular flexibility index (Phi) is 4.90. The molecule has 0 aromatic heterocycles. The Labute approximate surface area is 123 Å². The highest BCUT2D eigenvalue weighted by atomic mass is 16.2. The molecule has 0 spiro atoms. The molecule has 0 fully saturated rings. The van der Waals surface area contributed by atoms with E-state index in [1.165, 1.54) is 0 Å². The summed E-state index contributed by atoms with van der Waals surface area (Å²) < 4.78 is 0. The highest BCUT2D eigenvalue weighted by Gasteiger charge is 2.08. The average Bonchev–Trinajstić information content (AvgIpc) is 2.45. The number of carbonyl (C=O) groups excluding carboxylic acids is 2. The lowest BCUT2D eigenvalue weighted by molar-refractivity contribution is -0.127. The quantitative estimate of drug-likeness (QED) is 0.809. The first-order chi connectivity index (χ1) is 10.1. The third-order valence-electron chi connectivity index (χ3n) is 3.03. The smallest absolute Gasteiger partial charge is 0.253 e. The molecular weight excluding hydrogens is 266 g/mol. The minimum absolute atomic E-state index is 0.0260. The summed E-state index contributed by atoms with van der Waals surface area (Å²) in [6.45, 7) is -0.0260. The molecule has 0 atom stereocenters. The monoisotopic (exact) mass is 285 g/mol. The predicted molar refractivity (Wildman–Crippen MR) is 82.5 cm³/mol. The maximum Gasteiger partial charge on any atom is 0.253 e. The number of fused-ring (bicyclic) bond motifs is 1. The van der Waals surface area contributed by atoms with Gasteiger partial charge >= 0.3 is 0 Å². The van der Waals surface area contributed by atoms with Gasteiger partial charge in [-0.2, -0.15) is 0 Å². The SMILES string of the molecule is CN(C)NC(=O)CNC(=O)Cc1cccc2ccccc12. The number of benzene rings is 2. The summed E-state index contributed by atoms with van der Waals surface area (Å²) in [5, 5.41) is 6.33. The van der Waals surface area contributed by atoms with Gasteiger partial charge < -0.3 is 5.32 Å². The van der Waals surface area contributed by atoms with Gasteiger partial charge in [-0.1, -0.05) is 42.5 Å². The van der Waals surface area contributed by atoms with Gasteiger partial charge in [-0.15, -0.1) is 0 Å². The van der Waals surface area contributed by atoms with Crippen LogP contribution in [-0.2, 0) is 16.0 Å². The van der Waals surface area contributed by atoms with Crippen molar-refractivity contribution in [2.75, 3.05) is 20.6 Å². The van der Waals surface area contributed by atoms with Crippen LogP contribution in [0.5, 0.6) is 0 Å². The summed E-state index contributed by atoms with van der Waals surface area (Å²) in [6, 6.07) is 13.8. The van der Waals surface area contributed by atoms with E-state index in [0.717, 1.165) is 16.3 Å². The third kappa shape index (κ3) is 4.29. The lowest BCUT2D eigenvalue weighted by Gasteiger charge is -2.12. The van der Waals surface area contributed by atoms with Crippen LogP contribution in [0.3, 0.4) is 0 Å². The molecule has 2 aromatic carbocycles. The number of hydrogen-bond donors (Lipinski definition) is 2. The van der Waals surface area contributed by atoms with Crippen molar-refractivity contribution in [3.8, 4) is 0 Å². The number of hydrogen-bond acceptors (Lipinski definition) is 3. The van der Waals surface area contributed by atoms with E-state index in [4.69, 9.17) is 0 Å². The molecule has 0 radical (unpaired) electrons. The number of nitrogens with one attached hydrogen (secondary N) is 2. The van der Waals surface area contributed by atoms with E-state index in [-0.39, 0.29) is 24.8 Å². The van der Waals surface area contributed by atoms with Crippen LogP contribution in [0, 0.1) is 0 Å². The normalized spacial score (nSPS) is 10.6. The molecule has 0 unspecified atom stereocenters. The van der Waals surface area contributed by atoms with E-state index >= 15 is 0 Å². The first kappa shape index (κ1) is 15.0. The van der Waals surface area contributed by atoms with Gasteiger partial charge in [0.15, 0.2) is 0 Å². The Morgan fingerprint density at radius 1 is 1.00 bits per heavy atom. The molecular formula is C16H19N3O2. The minimum Gasteiger partial charge on any atom is -0.347 e. The topological polar surface area (TPSA) is 61.4 Å². The van der Waals surface area contributed by atoms with Crippen molar-refractivity contribution < 1.29 is 9.59 Å². The maximum absolute atomic E-state index is 11.9. The first-order valence-corrected chi connectivity index (χ1v) is 6.76. The van der Waals surface area contributed by atoms with E-state index in [1.54, 1.807) is 19.1 Å². The number of rotatable bonds is 5. The molecule has 0 heterocycles. The van der Waals surface area contributed by atoms with E-state index in [2.05, 4.69) is 10.7 Å². The molecule has 2 aromatic rings. The van der Waals surface area contributed by atoms with Crippen molar-refractivity contribution in [2.24, 2.45) is 0 Å². The lowest BCUT2D eigenvalue weighted by atomic mass is 10.0. The molecule has 0 bridgehead atoms. The first-order valence-electron chi connectivity index (χ1n) is 6.76. The van der Waals surface area contributed by atoms with Gasteiger partial charge in [0.2, 0.25) is 5.91 Å². The average molecular weight is 285 g/mol. The zero-order chi connectivity index (χ0) is 15.2. The summed E-state index contributed by atoms with van der Waals surface area (Å²) >= 11 is 0. The highest BCUT2D eigenvalue weighted by molar-refractivity contribution is 5.91. The second kappa shape index (κ2) is 6.85. The maximum atomic E-state index is 11.9. The molecule has 21 heavy (non-hydrogen) atoms. The van der Waals surface area contributed by atoms with Gasteiger partial charge in [0, 0.05) is 14.1 Å². The van der Waals surface area contributed by atoms with Crippen molar-refractivity contribution in [3.63, 3.8) is 0 Å². The van der Waals surface area contributed by atoms with Crippen LogP contribution in [0.1, 0.15) is 5.56 Å². The summed E-state index contributed by atoms with van der Waals surface area (Å²) in [5.41, 5.74) is 3.53. The second-order valence-corrected chi connectivity index (χ2v) is 5.02. The molecule has 2 N–H and O–H groups in total. The number of hydrazine groups is 1. The van der Waals surface area contributed by atoms with Crippen LogP contribution in [0.2, 0.25) is 0 Å². The minimum atomic E-state index is -0.244. The number of nitrogens with zero attached hydrogens (tertiary/aromatic N) is 1. The van der Waals surface area contributed by atoms with E-state index in [0.29, 0.717) is 0 Å². The molecule has 2 rings (SSSR count). The lowest BCUT2D eigenvalue weighted by Crippen LogP contribution is -2.43. The molecule has 110 valence electrons. The Morgan fingerprint density at radius 2 is 1.71 bits per heavy atom. The summed E-state index contributed by atoms with van der Waals surface area (Å²) in [5.74, 6) is -0.411. The standard InChI is InChI=1S/C16H19N3O2/c1-19(2)18-16(21)11-17-15(20)10-13-8-5-7-12-6-3-4-9-14(12)13/h3-9H,10-11H2,1-2H3,(H,17,20)(H,18,21).